The van der Waals surface area contributed by atoms with Gasteiger partial charge in [0, 0.05) is 6.04 Å². The van der Waals surface area contributed by atoms with Crippen molar-refractivity contribution in [3.63, 3.8) is 0 Å². The van der Waals surface area contributed by atoms with E-state index in [0.29, 0.717) is 6.04 Å². The van der Waals surface area contributed by atoms with Gasteiger partial charge in [0.15, 0.2) is 0 Å². The molecule has 0 bridgehead atoms. The van der Waals surface area contributed by atoms with Crippen LogP contribution >= 0.6 is 0 Å². The van der Waals surface area contributed by atoms with Gasteiger partial charge in [0.2, 0.25) is 0 Å². The zero-order chi connectivity index (χ0) is 11.5. The van der Waals surface area contributed by atoms with E-state index in [9.17, 15) is 0 Å². The van der Waals surface area contributed by atoms with E-state index in [4.69, 9.17) is 0 Å². The molecule has 0 aliphatic heterocycles. The predicted molar refractivity (Wildman–Crippen MR) is 66.5 cm³/mol. The van der Waals surface area contributed by atoms with Gasteiger partial charge in [0.1, 0.15) is 5.82 Å². The number of rotatable bonds is 2. The number of aryl methyl sites for hydroxylation is 2. The van der Waals surface area contributed by atoms with Gasteiger partial charge >= 0.3 is 0 Å². The summed E-state index contributed by atoms with van der Waals surface area (Å²) in [5.41, 5.74) is 2.04. The van der Waals surface area contributed by atoms with Crippen LogP contribution < -0.4 is 5.32 Å². The summed E-state index contributed by atoms with van der Waals surface area (Å²) in [5, 5.41) is 3.53. The lowest BCUT2D eigenvalue weighted by Gasteiger charge is -2.29. The molecule has 2 rings (SSSR count). The molecule has 0 saturated heterocycles. The summed E-state index contributed by atoms with van der Waals surface area (Å²) in [7, 11) is 0. The summed E-state index contributed by atoms with van der Waals surface area (Å²) < 4.78 is 0. The minimum Gasteiger partial charge on any atom is -0.366 e. The number of hydrogen-bond acceptors (Lipinski definition) is 3. The number of aromatic nitrogens is 2. The Hall–Kier alpha value is -1.12. The Morgan fingerprint density at radius 1 is 1.19 bits per heavy atom. The van der Waals surface area contributed by atoms with Gasteiger partial charge < -0.3 is 5.32 Å². The van der Waals surface area contributed by atoms with Crippen LogP contribution in [0.15, 0.2) is 6.20 Å². The topological polar surface area (TPSA) is 37.8 Å². The van der Waals surface area contributed by atoms with Crippen LogP contribution in [0.1, 0.15) is 44.0 Å². The zero-order valence-electron chi connectivity index (χ0n) is 10.5. The van der Waals surface area contributed by atoms with Crippen LogP contribution in [0.3, 0.4) is 0 Å². The predicted octanol–water partition coefficient (Wildman–Crippen LogP) is 3.08. The molecule has 0 spiro atoms. The minimum absolute atomic E-state index is 0.574. The molecule has 1 aromatic rings. The first-order valence-corrected chi connectivity index (χ1v) is 6.23. The van der Waals surface area contributed by atoms with Crippen LogP contribution in [-0.2, 0) is 0 Å². The summed E-state index contributed by atoms with van der Waals surface area (Å²) in [6, 6.07) is 0.574. The molecule has 1 aliphatic carbocycles. The Labute approximate surface area is 97.7 Å². The van der Waals surface area contributed by atoms with E-state index in [1.807, 2.05) is 20.0 Å². The van der Waals surface area contributed by atoms with Crippen LogP contribution in [0.2, 0.25) is 0 Å². The molecule has 1 N–H and O–H groups in total. The molecule has 2 atom stereocenters. The van der Waals surface area contributed by atoms with Crippen molar-refractivity contribution >= 4 is 5.82 Å². The van der Waals surface area contributed by atoms with E-state index in [2.05, 4.69) is 22.2 Å². The fraction of sp³-hybridized carbons (Fsp3) is 0.692. The molecule has 1 aromatic heterocycles. The minimum atomic E-state index is 0.574. The lowest BCUT2D eigenvalue weighted by molar-refractivity contribution is 0.349. The quantitative estimate of drug-likeness (QED) is 0.830. The van der Waals surface area contributed by atoms with Crippen molar-refractivity contribution in [1.29, 1.82) is 0 Å². The van der Waals surface area contributed by atoms with E-state index in [1.165, 1.54) is 25.7 Å². The first-order chi connectivity index (χ1) is 7.66. The summed E-state index contributed by atoms with van der Waals surface area (Å²) in [5.74, 6) is 1.68. The molecule has 1 fully saturated rings. The molecule has 1 aliphatic rings. The molecule has 16 heavy (non-hydrogen) atoms. The maximum Gasteiger partial charge on any atom is 0.145 e. The second-order valence-corrected chi connectivity index (χ2v) is 4.94. The van der Waals surface area contributed by atoms with E-state index >= 15 is 0 Å². The first-order valence-electron chi connectivity index (χ1n) is 6.23. The van der Waals surface area contributed by atoms with Gasteiger partial charge in [-0.15, -0.1) is 0 Å². The maximum absolute atomic E-state index is 4.53. The van der Waals surface area contributed by atoms with Gasteiger partial charge in [0.05, 0.1) is 17.6 Å². The van der Waals surface area contributed by atoms with Crippen LogP contribution in [-0.4, -0.2) is 16.0 Å². The van der Waals surface area contributed by atoms with Crippen LogP contribution in [0.4, 0.5) is 5.82 Å². The Kier molecular flexibility index (Phi) is 3.42. The smallest absolute Gasteiger partial charge is 0.145 e. The molecule has 3 heteroatoms. The SMILES string of the molecule is Cc1ncc(NC2CCCCC2C)nc1C. The first kappa shape index (κ1) is 11.4. The third-order valence-corrected chi connectivity index (χ3v) is 3.64. The van der Waals surface area contributed by atoms with Crippen LogP contribution in [0, 0.1) is 19.8 Å². The molecule has 0 aromatic carbocycles. The highest BCUT2D eigenvalue weighted by Crippen LogP contribution is 2.26. The zero-order valence-corrected chi connectivity index (χ0v) is 10.5. The molecule has 1 saturated carbocycles. The summed E-state index contributed by atoms with van der Waals surface area (Å²) in [6.07, 6.45) is 7.15. The fourth-order valence-electron chi connectivity index (χ4n) is 2.33. The molecule has 3 nitrogen and oxygen atoms in total. The van der Waals surface area contributed by atoms with Gasteiger partial charge in [-0.25, -0.2) is 4.98 Å². The molecular weight excluding hydrogens is 198 g/mol. The van der Waals surface area contributed by atoms with Crippen molar-refractivity contribution in [3.8, 4) is 0 Å². The highest BCUT2D eigenvalue weighted by atomic mass is 15.0. The Morgan fingerprint density at radius 2 is 1.94 bits per heavy atom. The van der Waals surface area contributed by atoms with Crippen molar-refractivity contribution in [1.82, 2.24) is 9.97 Å². The number of nitrogens with zero attached hydrogens (tertiary/aromatic N) is 2. The summed E-state index contributed by atoms with van der Waals surface area (Å²) in [4.78, 5) is 8.87. The number of anilines is 1. The third-order valence-electron chi connectivity index (χ3n) is 3.64. The lowest BCUT2D eigenvalue weighted by atomic mass is 9.86. The second-order valence-electron chi connectivity index (χ2n) is 4.94. The van der Waals surface area contributed by atoms with Gasteiger partial charge in [0.25, 0.3) is 0 Å². The largest absolute Gasteiger partial charge is 0.366 e. The van der Waals surface area contributed by atoms with E-state index < -0.39 is 0 Å². The molecule has 0 amide bonds. The Bertz CT molecular complexity index is 362. The third kappa shape index (κ3) is 2.52. The maximum atomic E-state index is 4.53. The van der Waals surface area contributed by atoms with Gasteiger partial charge in [-0.1, -0.05) is 19.8 Å². The van der Waals surface area contributed by atoms with Crippen molar-refractivity contribution < 1.29 is 0 Å². The highest BCUT2D eigenvalue weighted by molar-refractivity contribution is 5.34. The fourth-order valence-corrected chi connectivity index (χ4v) is 2.33. The Balaban J connectivity index is 2.05. The average Bonchev–Trinajstić information content (AvgIpc) is 2.27. The molecule has 0 radical (unpaired) electrons. The molecular formula is C13H21N3. The van der Waals surface area contributed by atoms with Gasteiger partial charge in [-0.05, 0) is 32.6 Å². The highest BCUT2D eigenvalue weighted by Gasteiger charge is 2.21. The second kappa shape index (κ2) is 4.81. The molecule has 88 valence electrons. The normalized spacial score (nSPS) is 25.4. The monoisotopic (exact) mass is 219 g/mol. The van der Waals surface area contributed by atoms with Crippen molar-refractivity contribution in [2.75, 3.05) is 5.32 Å². The number of hydrogen-bond donors (Lipinski definition) is 1. The van der Waals surface area contributed by atoms with Gasteiger partial charge in [-0.3, -0.25) is 4.98 Å². The standard InChI is InChI=1S/C13H21N3/c1-9-6-4-5-7-12(9)16-13-8-14-10(2)11(3)15-13/h8-9,12H,4-7H2,1-3H3,(H,15,16). The van der Waals surface area contributed by atoms with Crippen molar-refractivity contribution in [2.45, 2.75) is 52.5 Å². The van der Waals surface area contributed by atoms with Crippen molar-refractivity contribution in [3.05, 3.63) is 17.6 Å². The molecule has 2 unspecified atom stereocenters. The molecule has 1 heterocycles. The van der Waals surface area contributed by atoms with Crippen LogP contribution in [0.25, 0.3) is 0 Å². The summed E-state index contributed by atoms with van der Waals surface area (Å²) >= 11 is 0. The van der Waals surface area contributed by atoms with E-state index in [0.717, 1.165) is 23.1 Å². The Morgan fingerprint density at radius 3 is 2.62 bits per heavy atom. The average molecular weight is 219 g/mol. The van der Waals surface area contributed by atoms with E-state index in [1.54, 1.807) is 0 Å². The van der Waals surface area contributed by atoms with Gasteiger partial charge in [-0.2, -0.15) is 0 Å². The van der Waals surface area contributed by atoms with Crippen LogP contribution in [0.5, 0.6) is 0 Å². The number of nitrogens with one attached hydrogen (secondary N) is 1. The summed E-state index contributed by atoms with van der Waals surface area (Å²) in [6.45, 7) is 6.33. The van der Waals surface area contributed by atoms with E-state index in [-0.39, 0.29) is 0 Å². The van der Waals surface area contributed by atoms with Crippen molar-refractivity contribution in [2.24, 2.45) is 5.92 Å². The lowest BCUT2D eigenvalue weighted by Crippen LogP contribution is -2.30.